The van der Waals surface area contributed by atoms with E-state index in [1.54, 1.807) is 23.2 Å². The summed E-state index contributed by atoms with van der Waals surface area (Å²) < 4.78 is 5.49. The van der Waals surface area contributed by atoms with Gasteiger partial charge in [-0.2, -0.15) is 0 Å². The van der Waals surface area contributed by atoms with Crippen molar-refractivity contribution in [2.75, 3.05) is 26.8 Å². The highest BCUT2D eigenvalue weighted by atomic mass is 79.9. The van der Waals surface area contributed by atoms with Gasteiger partial charge >= 0.3 is 0 Å². The summed E-state index contributed by atoms with van der Waals surface area (Å²) in [6, 6.07) is 3.68. The van der Waals surface area contributed by atoms with Gasteiger partial charge < -0.3 is 15.0 Å². The molecular formula is C14H18BrN3O3. The van der Waals surface area contributed by atoms with Crippen LogP contribution in [0.5, 0.6) is 0 Å². The lowest BCUT2D eigenvalue weighted by molar-refractivity contribution is -0.125. The molecule has 1 fully saturated rings. The molecule has 2 amide bonds. The number of methoxy groups -OCH3 is 1. The molecule has 1 aromatic rings. The molecule has 1 N–H and O–H groups in total. The molecule has 1 aromatic heterocycles. The number of pyridine rings is 1. The predicted molar refractivity (Wildman–Crippen MR) is 80.9 cm³/mol. The van der Waals surface area contributed by atoms with Gasteiger partial charge in [-0.25, -0.2) is 4.98 Å². The van der Waals surface area contributed by atoms with Gasteiger partial charge in [0.25, 0.3) is 5.91 Å². The summed E-state index contributed by atoms with van der Waals surface area (Å²) in [5.41, 5.74) is 0.430. The van der Waals surface area contributed by atoms with Gasteiger partial charge in [0.2, 0.25) is 5.91 Å². The Morgan fingerprint density at radius 1 is 1.48 bits per heavy atom. The minimum Gasteiger partial charge on any atom is -0.375 e. The zero-order valence-corrected chi connectivity index (χ0v) is 13.4. The molecule has 2 heterocycles. The van der Waals surface area contributed by atoms with Crippen molar-refractivity contribution in [2.45, 2.75) is 18.9 Å². The van der Waals surface area contributed by atoms with Crippen molar-refractivity contribution in [1.29, 1.82) is 0 Å². The smallest absolute Gasteiger partial charge is 0.273 e. The summed E-state index contributed by atoms with van der Waals surface area (Å²) in [6.07, 6.45) is 3.09. The van der Waals surface area contributed by atoms with Crippen LogP contribution in [0, 0.1) is 0 Å². The third-order valence-electron chi connectivity index (χ3n) is 3.38. The molecule has 1 aliphatic heterocycles. The van der Waals surface area contributed by atoms with E-state index in [9.17, 15) is 9.59 Å². The monoisotopic (exact) mass is 355 g/mol. The summed E-state index contributed by atoms with van der Waals surface area (Å²) in [4.78, 5) is 29.7. The molecule has 7 heteroatoms. The van der Waals surface area contributed by atoms with E-state index in [0.717, 1.165) is 12.8 Å². The molecule has 1 aliphatic rings. The standard InChI is InChI=1S/C14H18BrN3O3/c1-21-9-12(19)17-10-4-7-18(8-5-10)14(20)13-11(15)3-2-6-16-13/h2-3,6,10H,4-5,7-9H2,1H3,(H,17,19). The van der Waals surface area contributed by atoms with Crippen LogP contribution in [-0.4, -0.2) is 54.5 Å². The molecule has 0 bridgehead atoms. The van der Waals surface area contributed by atoms with E-state index < -0.39 is 0 Å². The van der Waals surface area contributed by atoms with Crippen LogP contribution in [0.25, 0.3) is 0 Å². The van der Waals surface area contributed by atoms with Gasteiger partial charge in [-0.3, -0.25) is 9.59 Å². The Morgan fingerprint density at radius 3 is 2.81 bits per heavy atom. The van der Waals surface area contributed by atoms with E-state index in [2.05, 4.69) is 26.2 Å². The van der Waals surface area contributed by atoms with E-state index in [-0.39, 0.29) is 24.5 Å². The Bertz CT molecular complexity index is 516. The lowest BCUT2D eigenvalue weighted by atomic mass is 10.0. The highest BCUT2D eigenvalue weighted by Crippen LogP contribution is 2.18. The van der Waals surface area contributed by atoms with E-state index >= 15 is 0 Å². The van der Waals surface area contributed by atoms with Gasteiger partial charge in [0.05, 0.1) is 0 Å². The number of hydrogen-bond acceptors (Lipinski definition) is 4. The van der Waals surface area contributed by atoms with Crippen LogP contribution < -0.4 is 5.32 Å². The molecule has 0 aromatic carbocycles. The summed E-state index contributed by atoms with van der Waals surface area (Å²) in [5.74, 6) is -0.195. The molecule has 0 unspecified atom stereocenters. The normalized spacial score (nSPS) is 15.8. The van der Waals surface area contributed by atoms with Crippen LogP contribution in [0.3, 0.4) is 0 Å². The first-order valence-corrected chi connectivity index (χ1v) is 7.59. The minimum absolute atomic E-state index is 0.0695. The average Bonchev–Trinajstić information content (AvgIpc) is 2.48. The van der Waals surface area contributed by atoms with Gasteiger partial charge in [-0.05, 0) is 40.9 Å². The lowest BCUT2D eigenvalue weighted by Gasteiger charge is -2.32. The van der Waals surface area contributed by atoms with Crippen molar-refractivity contribution in [3.63, 3.8) is 0 Å². The van der Waals surface area contributed by atoms with Crippen LogP contribution >= 0.6 is 15.9 Å². The number of carbonyl (C=O) groups is 2. The van der Waals surface area contributed by atoms with Crippen molar-refractivity contribution in [1.82, 2.24) is 15.2 Å². The predicted octanol–water partition coefficient (Wildman–Crippen LogP) is 1.21. The first kappa shape index (κ1) is 15.9. The maximum atomic E-state index is 12.4. The van der Waals surface area contributed by atoms with Crippen molar-refractivity contribution >= 4 is 27.7 Å². The highest BCUT2D eigenvalue weighted by Gasteiger charge is 2.26. The number of carbonyl (C=O) groups excluding carboxylic acids is 2. The molecule has 0 atom stereocenters. The van der Waals surface area contributed by atoms with Crippen LogP contribution in [0.4, 0.5) is 0 Å². The third kappa shape index (κ3) is 4.25. The van der Waals surface area contributed by atoms with Crippen molar-refractivity contribution in [2.24, 2.45) is 0 Å². The molecular weight excluding hydrogens is 338 g/mol. The summed E-state index contributed by atoms with van der Waals surface area (Å²) in [5, 5.41) is 2.90. The summed E-state index contributed by atoms with van der Waals surface area (Å²) in [6.45, 7) is 1.29. The number of piperidine rings is 1. The molecule has 2 rings (SSSR count). The van der Waals surface area contributed by atoms with Crippen LogP contribution in [0.2, 0.25) is 0 Å². The van der Waals surface area contributed by atoms with Gasteiger partial charge in [0.1, 0.15) is 12.3 Å². The molecule has 0 radical (unpaired) electrons. The van der Waals surface area contributed by atoms with E-state index in [1.807, 2.05) is 0 Å². The Hall–Kier alpha value is -1.47. The summed E-state index contributed by atoms with van der Waals surface area (Å²) >= 11 is 3.34. The number of halogens is 1. The molecule has 0 spiro atoms. The first-order chi connectivity index (χ1) is 10.1. The maximum absolute atomic E-state index is 12.4. The first-order valence-electron chi connectivity index (χ1n) is 6.80. The molecule has 1 saturated heterocycles. The fraction of sp³-hybridized carbons (Fsp3) is 0.500. The highest BCUT2D eigenvalue weighted by molar-refractivity contribution is 9.10. The zero-order chi connectivity index (χ0) is 15.2. The number of likely N-dealkylation sites (tertiary alicyclic amines) is 1. The van der Waals surface area contributed by atoms with Crippen molar-refractivity contribution < 1.29 is 14.3 Å². The lowest BCUT2D eigenvalue weighted by Crippen LogP contribution is -2.47. The Labute approximate surface area is 132 Å². The number of nitrogens with zero attached hydrogens (tertiary/aromatic N) is 2. The van der Waals surface area contributed by atoms with Crippen LogP contribution in [-0.2, 0) is 9.53 Å². The SMILES string of the molecule is COCC(=O)NC1CCN(C(=O)c2ncccc2Br)CC1. The fourth-order valence-corrected chi connectivity index (χ4v) is 2.74. The second-order valence-electron chi connectivity index (χ2n) is 4.90. The fourth-order valence-electron chi connectivity index (χ4n) is 2.32. The maximum Gasteiger partial charge on any atom is 0.273 e. The number of ether oxygens (including phenoxy) is 1. The number of amides is 2. The Balaban J connectivity index is 1.88. The second-order valence-corrected chi connectivity index (χ2v) is 5.76. The third-order valence-corrected chi connectivity index (χ3v) is 4.02. The van der Waals surface area contributed by atoms with Crippen molar-refractivity contribution in [3.8, 4) is 0 Å². The largest absolute Gasteiger partial charge is 0.375 e. The van der Waals surface area contributed by atoms with Crippen molar-refractivity contribution in [3.05, 3.63) is 28.5 Å². The quantitative estimate of drug-likeness (QED) is 0.881. The topological polar surface area (TPSA) is 71.5 Å². The van der Waals surface area contributed by atoms with Gasteiger partial charge in [-0.1, -0.05) is 0 Å². The van der Waals surface area contributed by atoms with E-state index in [1.165, 1.54) is 7.11 Å². The number of rotatable bonds is 4. The molecule has 0 aliphatic carbocycles. The van der Waals surface area contributed by atoms with Crippen LogP contribution in [0.15, 0.2) is 22.8 Å². The Morgan fingerprint density at radius 2 is 2.19 bits per heavy atom. The van der Waals surface area contributed by atoms with Gasteiger partial charge in [0.15, 0.2) is 0 Å². The number of hydrogen-bond donors (Lipinski definition) is 1. The zero-order valence-electron chi connectivity index (χ0n) is 11.8. The molecule has 0 saturated carbocycles. The van der Waals surface area contributed by atoms with Crippen LogP contribution in [0.1, 0.15) is 23.3 Å². The van der Waals surface area contributed by atoms with Gasteiger partial charge in [-0.15, -0.1) is 0 Å². The number of aromatic nitrogens is 1. The Kier molecular flexibility index (Phi) is 5.69. The number of nitrogens with one attached hydrogen (secondary N) is 1. The second kappa shape index (κ2) is 7.51. The van der Waals surface area contributed by atoms with E-state index in [4.69, 9.17) is 4.74 Å². The average molecular weight is 356 g/mol. The summed E-state index contributed by atoms with van der Waals surface area (Å²) in [7, 11) is 1.49. The molecule has 114 valence electrons. The minimum atomic E-state index is -0.116. The van der Waals surface area contributed by atoms with E-state index in [0.29, 0.717) is 23.3 Å². The molecule has 21 heavy (non-hydrogen) atoms. The van der Waals surface area contributed by atoms with Gasteiger partial charge in [0, 0.05) is 36.9 Å². The molecule has 6 nitrogen and oxygen atoms in total.